The summed E-state index contributed by atoms with van der Waals surface area (Å²) >= 11 is 4.90. The highest BCUT2D eigenvalue weighted by Gasteiger charge is 2.11. The lowest BCUT2D eigenvalue weighted by molar-refractivity contribution is 0.0796. The molecule has 0 unspecified atom stereocenters. The molecule has 0 aliphatic carbocycles. The van der Waals surface area contributed by atoms with Gasteiger partial charge in [-0.2, -0.15) is 0 Å². The van der Waals surface area contributed by atoms with Gasteiger partial charge >= 0.3 is 0 Å². The van der Waals surface area contributed by atoms with Gasteiger partial charge in [0.25, 0.3) is 5.91 Å². The summed E-state index contributed by atoms with van der Waals surface area (Å²) in [5, 5.41) is 0. The summed E-state index contributed by atoms with van der Waals surface area (Å²) in [5.74, 6) is 0.000390. The molecule has 0 aliphatic heterocycles. The van der Waals surface area contributed by atoms with Gasteiger partial charge in [0.05, 0.1) is 0 Å². The van der Waals surface area contributed by atoms with Crippen LogP contribution in [0.3, 0.4) is 0 Å². The zero-order chi connectivity index (χ0) is 15.2. The van der Waals surface area contributed by atoms with E-state index in [0.717, 1.165) is 12.0 Å². The van der Waals surface area contributed by atoms with Crippen LogP contribution in [0.25, 0.3) is 0 Å². The van der Waals surface area contributed by atoms with Crippen LogP contribution < -0.4 is 5.73 Å². The molecule has 0 bridgehead atoms. The highest BCUT2D eigenvalue weighted by atomic mass is 32.1. The van der Waals surface area contributed by atoms with Gasteiger partial charge in [-0.05, 0) is 24.1 Å². The average molecular weight is 298 g/mol. The van der Waals surface area contributed by atoms with Crippen LogP contribution >= 0.6 is 12.2 Å². The fourth-order valence-electron chi connectivity index (χ4n) is 2.04. The van der Waals surface area contributed by atoms with E-state index in [1.165, 1.54) is 5.56 Å². The third-order valence-corrected chi connectivity index (χ3v) is 3.58. The molecule has 0 fully saturated rings. The van der Waals surface area contributed by atoms with E-state index < -0.39 is 0 Å². The van der Waals surface area contributed by atoms with Crippen LogP contribution in [0.2, 0.25) is 0 Å². The van der Waals surface area contributed by atoms with E-state index in [1.54, 1.807) is 29.2 Å². The molecule has 0 saturated carbocycles. The molecule has 2 aromatic rings. The van der Waals surface area contributed by atoms with Gasteiger partial charge in [0.15, 0.2) is 0 Å². The van der Waals surface area contributed by atoms with Gasteiger partial charge in [-0.1, -0.05) is 54.7 Å². The molecule has 1 amide bonds. The van der Waals surface area contributed by atoms with Crippen molar-refractivity contribution in [3.8, 4) is 0 Å². The summed E-state index contributed by atoms with van der Waals surface area (Å²) in [4.78, 5) is 14.4. The Morgan fingerprint density at radius 1 is 1.05 bits per heavy atom. The topological polar surface area (TPSA) is 46.3 Å². The first-order valence-corrected chi connectivity index (χ1v) is 7.18. The van der Waals surface area contributed by atoms with Gasteiger partial charge in [-0.25, -0.2) is 0 Å². The molecule has 0 radical (unpaired) electrons. The summed E-state index contributed by atoms with van der Waals surface area (Å²) in [6.45, 7) is 0.680. The molecule has 21 heavy (non-hydrogen) atoms. The number of carbonyl (C=O) groups is 1. The third kappa shape index (κ3) is 4.13. The van der Waals surface area contributed by atoms with E-state index in [2.05, 4.69) is 12.1 Å². The molecular weight excluding hydrogens is 280 g/mol. The second-order valence-corrected chi connectivity index (χ2v) is 5.34. The zero-order valence-electron chi connectivity index (χ0n) is 12.0. The van der Waals surface area contributed by atoms with Gasteiger partial charge in [0.1, 0.15) is 4.99 Å². The quantitative estimate of drug-likeness (QED) is 0.863. The van der Waals surface area contributed by atoms with Gasteiger partial charge in [0, 0.05) is 24.7 Å². The Bertz CT molecular complexity index is 623. The van der Waals surface area contributed by atoms with E-state index in [-0.39, 0.29) is 5.91 Å². The number of hydrogen-bond donors (Lipinski definition) is 1. The molecule has 3 nitrogen and oxygen atoms in total. The molecule has 108 valence electrons. The number of nitrogens with two attached hydrogens (primary N) is 1. The lowest BCUT2D eigenvalue weighted by Gasteiger charge is -2.17. The smallest absolute Gasteiger partial charge is 0.253 e. The number of rotatable bonds is 5. The van der Waals surface area contributed by atoms with Crippen molar-refractivity contribution in [2.75, 3.05) is 13.6 Å². The van der Waals surface area contributed by atoms with Crippen LogP contribution in [0.4, 0.5) is 0 Å². The SMILES string of the molecule is CN(CCc1ccccc1)C(=O)c1ccc(C(N)=S)cc1. The Morgan fingerprint density at radius 3 is 2.19 bits per heavy atom. The number of benzene rings is 2. The summed E-state index contributed by atoms with van der Waals surface area (Å²) in [6, 6.07) is 17.2. The minimum absolute atomic E-state index is 0.000390. The maximum absolute atomic E-state index is 12.3. The number of thiocarbonyl (C=S) groups is 1. The second-order valence-electron chi connectivity index (χ2n) is 4.90. The second kappa shape index (κ2) is 6.99. The lowest BCUT2D eigenvalue weighted by Crippen LogP contribution is -2.28. The van der Waals surface area contributed by atoms with Crippen molar-refractivity contribution in [2.45, 2.75) is 6.42 Å². The van der Waals surface area contributed by atoms with Crippen LogP contribution in [0.1, 0.15) is 21.5 Å². The first kappa shape index (κ1) is 15.2. The number of amides is 1. The van der Waals surface area contributed by atoms with E-state index in [0.29, 0.717) is 17.1 Å². The first-order valence-electron chi connectivity index (χ1n) is 6.77. The Balaban J connectivity index is 1.97. The predicted octanol–water partition coefficient (Wildman–Crippen LogP) is 2.64. The van der Waals surface area contributed by atoms with Crippen molar-refractivity contribution in [3.05, 3.63) is 71.3 Å². The maximum atomic E-state index is 12.3. The van der Waals surface area contributed by atoms with E-state index in [1.807, 2.05) is 25.2 Å². The molecule has 0 spiro atoms. The minimum Gasteiger partial charge on any atom is -0.389 e. The zero-order valence-corrected chi connectivity index (χ0v) is 12.8. The van der Waals surface area contributed by atoms with Crippen molar-refractivity contribution in [3.63, 3.8) is 0 Å². The largest absolute Gasteiger partial charge is 0.389 e. The van der Waals surface area contributed by atoms with Crippen LogP contribution in [0.15, 0.2) is 54.6 Å². The Labute approximate surface area is 130 Å². The van der Waals surface area contributed by atoms with E-state index >= 15 is 0 Å². The Morgan fingerprint density at radius 2 is 1.62 bits per heavy atom. The van der Waals surface area contributed by atoms with Crippen molar-refractivity contribution in [1.82, 2.24) is 4.90 Å². The summed E-state index contributed by atoms with van der Waals surface area (Å²) < 4.78 is 0. The molecule has 2 rings (SSSR count). The van der Waals surface area contributed by atoms with Crippen molar-refractivity contribution in [2.24, 2.45) is 5.73 Å². The number of nitrogens with zero attached hydrogens (tertiary/aromatic N) is 1. The van der Waals surface area contributed by atoms with E-state index in [9.17, 15) is 4.79 Å². The van der Waals surface area contributed by atoms with Crippen molar-refractivity contribution < 1.29 is 4.79 Å². The number of hydrogen-bond acceptors (Lipinski definition) is 2. The Kier molecular flexibility index (Phi) is 5.06. The molecule has 0 aromatic heterocycles. The van der Waals surface area contributed by atoms with Crippen molar-refractivity contribution in [1.29, 1.82) is 0 Å². The summed E-state index contributed by atoms with van der Waals surface area (Å²) in [5.41, 5.74) is 8.19. The molecular formula is C17H18N2OS. The standard InChI is InChI=1S/C17H18N2OS/c1-19(12-11-13-5-3-2-4-6-13)17(20)15-9-7-14(8-10-15)16(18)21/h2-10H,11-12H2,1H3,(H2,18,21). The molecule has 0 atom stereocenters. The number of carbonyl (C=O) groups excluding carboxylic acids is 1. The average Bonchev–Trinajstić information content (AvgIpc) is 2.53. The highest BCUT2D eigenvalue weighted by molar-refractivity contribution is 7.80. The van der Waals surface area contributed by atoms with Crippen LogP contribution in [0, 0.1) is 0 Å². The maximum Gasteiger partial charge on any atom is 0.253 e. The Hall–Kier alpha value is -2.20. The third-order valence-electron chi connectivity index (χ3n) is 3.34. The molecule has 2 aromatic carbocycles. The first-order chi connectivity index (χ1) is 10.1. The molecule has 0 heterocycles. The van der Waals surface area contributed by atoms with Crippen molar-refractivity contribution >= 4 is 23.1 Å². The van der Waals surface area contributed by atoms with Gasteiger partial charge in [-0.3, -0.25) is 4.79 Å². The highest BCUT2D eigenvalue weighted by Crippen LogP contribution is 2.08. The van der Waals surface area contributed by atoms with Gasteiger partial charge < -0.3 is 10.6 Å². The number of likely N-dealkylation sites (N-methyl/N-ethyl adjacent to an activating group) is 1. The fourth-order valence-corrected chi connectivity index (χ4v) is 2.18. The minimum atomic E-state index is 0.000390. The lowest BCUT2D eigenvalue weighted by atomic mass is 10.1. The van der Waals surface area contributed by atoms with Crippen LogP contribution in [-0.4, -0.2) is 29.4 Å². The van der Waals surface area contributed by atoms with Crippen LogP contribution in [-0.2, 0) is 6.42 Å². The normalized spacial score (nSPS) is 10.1. The predicted molar refractivity (Wildman–Crippen MR) is 89.4 cm³/mol. The summed E-state index contributed by atoms with van der Waals surface area (Å²) in [7, 11) is 1.81. The monoisotopic (exact) mass is 298 g/mol. The molecule has 0 saturated heterocycles. The molecule has 0 aliphatic rings. The molecule has 4 heteroatoms. The molecule has 2 N–H and O–H groups in total. The van der Waals surface area contributed by atoms with Crippen LogP contribution in [0.5, 0.6) is 0 Å². The van der Waals surface area contributed by atoms with E-state index in [4.69, 9.17) is 18.0 Å². The fraction of sp³-hybridized carbons (Fsp3) is 0.176. The summed E-state index contributed by atoms with van der Waals surface area (Å²) in [6.07, 6.45) is 0.841. The van der Waals surface area contributed by atoms with Gasteiger partial charge in [-0.15, -0.1) is 0 Å². The van der Waals surface area contributed by atoms with Gasteiger partial charge in [0.2, 0.25) is 0 Å².